The summed E-state index contributed by atoms with van der Waals surface area (Å²) < 4.78 is 18.6. The van der Waals surface area contributed by atoms with Crippen LogP contribution in [0.15, 0.2) is 42.5 Å². The molecule has 0 atom stereocenters. The predicted molar refractivity (Wildman–Crippen MR) is 101 cm³/mol. The van der Waals surface area contributed by atoms with Gasteiger partial charge in [0.1, 0.15) is 11.6 Å². The van der Waals surface area contributed by atoms with E-state index in [1.54, 1.807) is 12.1 Å². The number of amides is 1. The molecule has 2 N–H and O–H groups in total. The zero-order valence-electron chi connectivity index (χ0n) is 14.9. The number of aromatic amines is 1. The molecule has 0 aliphatic carbocycles. The van der Waals surface area contributed by atoms with Crippen LogP contribution in [0.25, 0.3) is 11.0 Å². The zero-order valence-corrected chi connectivity index (χ0v) is 14.9. The van der Waals surface area contributed by atoms with Crippen LogP contribution in [0.4, 0.5) is 10.1 Å². The summed E-state index contributed by atoms with van der Waals surface area (Å²) in [5.74, 6) is 0.370. The van der Waals surface area contributed by atoms with Gasteiger partial charge < -0.3 is 15.0 Å². The van der Waals surface area contributed by atoms with Crippen molar-refractivity contribution in [2.24, 2.45) is 0 Å². The number of hydrogen-bond donors (Lipinski definition) is 2. The van der Waals surface area contributed by atoms with Crippen molar-refractivity contribution in [3.63, 3.8) is 0 Å². The fourth-order valence-electron chi connectivity index (χ4n) is 3.22. The molecule has 0 bridgehead atoms. The number of nitrogens with one attached hydrogen (secondary N) is 2. The molecule has 4 rings (SSSR count). The van der Waals surface area contributed by atoms with E-state index in [1.165, 1.54) is 12.1 Å². The number of fused-ring (bicyclic) bond motifs is 1. The van der Waals surface area contributed by atoms with Crippen molar-refractivity contribution in [3.05, 3.63) is 59.7 Å². The first kappa shape index (κ1) is 17.6. The third kappa shape index (κ3) is 4.50. The van der Waals surface area contributed by atoms with Crippen LogP contribution in [0.5, 0.6) is 0 Å². The zero-order chi connectivity index (χ0) is 18.6. The van der Waals surface area contributed by atoms with Crippen LogP contribution in [0.3, 0.4) is 0 Å². The molecule has 1 aromatic heterocycles. The van der Waals surface area contributed by atoms with E-state index in [-0.39, 0.29) is 18.1 Å². The number of morpholine rings is 1. The molecule has 7 heteroatoms. The standard InChI is InChI=1S/C20H21FN4O2/c21-15-3-1-2-14(10-15)11-20(26)22-16-4-5-17-18(12-16)24-19(23-17)13-25-6-8-27-9-7-25/h1-5,10,12H,6-9,11,13H2,(H,22,26)(H,23,24). The second kappa shape index (κ2) is 7.85. The molecule has 1 aliphatic rings. The van der Waals surface area contributed by atoms with Gasteiger partial charge in [0, 0.05) is 18.8 Å². The number of H-pyrrole nitrogens is 1. The van der Waals surface area contributed by atoms with Gasteiger partial charge in [0.2, 0.25) is 5.91 Å². The Morgan fingerprint density at radius 3 is 2.89 bits per heavy atom. The summed E-state index contributed by atoms with van der Waals surface area (Å²) in [6.07, 6.45) is 0.126. The molecule has 27 heavy (non-hydrogen) atoms. The molecule has 0 spiro atoms. The second-order valence-corrected chi connectivity index (χ2v) is 6.66. The largest absolute Gasteiger partial charge is 0.379 e. The summed E-state index contributed by atoms with van der Waals surface area (Å²) in [5.41, 5.74) is 3.07. The van der Waals surface area contributed by atoms with Crippen molar-refractivity contribution >= 4 is 22.6 Å². The normalized spacial score (nSPS) is 15.1. The molecule has 0 saturated carbocycles. The Hall–Kier alpha value is -2.77. The summed E-state index contributed by atoms with van der Waals surface area (Å²) in [4.78, 5) is 22.4. The van der Waals surface area contributed by atoms with Gasteiger partial charge in [-0.15, -0.1) is 0 Å². The number of nitrogens with zero attached hydrogens (tertiary/aromatic N) is 2. The van der Waals surface area contributed by atoms with Gasteiger partial charge in [0.15, 0.2) is 0 Å². The van der Waals surface area contributed by atoms with Crippen LogP contribution in [0.1, 0.15) is 11.4 Å². The average Bonchev–Trinajstić information content (AvgIpc) is 3.04. The second-order valence-electron chi connectivity index (χ2n) is 6.66. The van der Waals surface area contributed by atoms with Crippen molar-refractivity contribution in [2.75, 3.05) is 31.6 Å². The summed E-state index contributed by atoms with van der Waals surface area (Å²) in [6, 6.07) is 11.6. The highest BCUT2D eigenvalue weighted by Crippen LogP contribution is 2.18. The maximum Gasteiger partial charge on any atom is 0.228 e. The molecule has 1 saturated heterocycles. The molecule has 1 aliphatic heterocycles. The smallest absolute Gasteiger partial charge is 0.228 e. The third-order valence-corrected chi connectivity index (χ3v) is 4.55. The Bertz CT molecular complexity index is 950. The van der Waals surface area contributed by atoms with Gasteiger partial charge >= 0.3 is 0 Å². The lowest BCUT2D eigenvalue weighted by Crippen LogP contribution is -2.35. The van der Waals surface area contributed by atoms with Crippen molar-refractivity contribution in [2.45, 2.75) is 13.0 Å². The number of carbonyl (C=O) groups excluding carboxylic acids is 1. The first-order valence-electron chi connectivity index (χ1n) is 8.99. The number of hydrogen-bond acceptors (Lipinski definition) is 4. The molecule has 1 amide bonds. The van der Waals surface area contributed by atoms with Gasteiger partial charge in [0.05, 0.1) is 37.2 Å². The molecular formula is C20H21FN4O2. The average molecular weight is 368 g/mol. The van der Waals surface area contributed by atoms with Gasteiger partial charge in [-0.2, -0.15) is 0 Å². The third-order valence-electron chi connectivity index (χ3n) is 4.55. The van der Waals surface area contributed by atoms with Gasteiger partial charge in [-0.25, -0.2) is 9.37 Å². The summed E-state index contributed by atoms with van der Waals surface area (Å²) in [7, 11) is 0. The van der Waals surface area contributed by atoms with Crippen molar-refractivity contribution in [3.8, 4) is 0 Å². The van der Waals surface area contributed by atoms with Crippen molar-refractivity contribution < 1.29 is 13.9 Å². The highest BCUT2D eigenvalue weighted by Gasteiger charge is 2.13. The molecule has 3 aromatic rings. The number of anilines is 1. The number of rotatable bonds is 5. The number of aromatic nitrogens is 2. The minimum atomic E-state index is -0.341. The Morgan fingerprint density at radius 2 is 2.07 bits per heavy atom. The van der Waals surface area contributed by atoms with E-state index in [0.717, 1.165) is 49.7 Å². The first-order valence-corrected chi connectivity index (χ1v) is 8.99. The minimum Gasteiger partial charge on any atom is -0.379 e. The Balaban J connectivity index is 1.42. The number of carbonyl (C=O) groups is 1. The Labute approximate surface area is 156 Å². The van der Waals surface area contributed by atoms with Crippen LogP contribution in [-0.4, -0.2) is 47.1 Å². The van der Waals surface area contributed by atoms with Crippen molar-refractivity contribution in [1.82, 2.24) is 14.9 Å². The SMILES string of the molecule is O=C(Cc1cccc(F)c1)Nc1ccc2nc(CN3CCOCC3)[nH]c2c1. The van der Waals surface area contributed by atoms with Crippen LogP contribution in [0.2, 0.25) is 0 Å². The number of imidazole rings is 1. The maximum absolute atomic E-state index is 13.2. The molecule has 0 radical (unpaired) electrons. The van der Waals surface area contributed by atoms with E-state index in [9.17, 15) is 9.18 Å². The van der Waals surface area contributed by atoms with E-state index in [2.05, 4.69) is 20.2 Å². The Kier molecular flexibility index (Phi) is 5.13. The molecule has 2 heterocycles. The molecule has 140 valence electrons. The van der Waals surface area contributed by atoms with Crippen LogP contribution < -0.4 is 5.32 Å². The van der Waals surface area contributed by atoms with Crippen LogP contribution in [-0.2, 0) is 22.5 Å². The van der Waals surface area contributed by atoms with Gasteiger partial charge in [-0.05, 0) is 35.9 Å². The Morgan fingerprint density at radius 1 is 1.22 bits per heavy atom. The highest BCUT2D eigenvalue weighted by atomic mass is 19.1. The van der Waals surface area contributed by atoms with E-state index in [4.69, 9.17) is 4.74 Å². The maximum atomic E-state index is 13.2. The van der Waals surface area contributed by atoms with E-state index in [0.29, 0.717) is 11.3 Å². The predicted octanol–water partition coefficient (Wildman–Crippen LogP) is 2.72. The number of benzene rings is 2. The fourth-order valence-corrected chi connectivity index (χ4v) is 3.22. The van der Waals surface area contributed by atoms with Gasteiger partial charge in [0.25, 0.3) is 0 Å². The molecule has 2 aromatic carbocycles. The lowest BCUT2D eigenvalue weighted by Gasteiger charge is -2.25. The molecule has 1 fully saturated rings. The number of ether oxygens (including phenoxy) is 1. The van der Waals surface area contributed by atoms with Crippen LogP contribution >= 0.6 is 0 Å². The summed E-state index contributed by atoms with van der Waals surface area (Å²) >= 11 is 0. The lowest BCUT2D eigenvalue weighted by molar-refractivity contribution is -0.115. The summed E-state index contributed by atoms with van der Waals surface area (Å²) in [5, 5.41) is 2.86. The number of halogens is 1. The van der Waals surface area contributed by atoms with Crippen molar-refractivity contribution in [1.29, 1.82) is 0 Å². The first-order chi connectivity index (χ1) is 13.2. The topological polar surface area (TPSA) is 70.2 Å². The highest BCUT2D eigenvalue weighted by molar-refractivity contribution is 5.94. The quantitative estimate of drug-likeness (QED) is 0.727. The minimum absolute atomic E-state index is 0.126. The van der Waals surface area contributed by atoms with Gasteiger partial charge in [-0.3, -0.25) is 9.69 Å². The van der Waals surface area contributed by atoms with E-state index in [1.807, 2.05) is 18.2 Å². The molecule has 6 nitrogen and oxygen atoms in total. The molecular weight excluding hydrogens is 347 g/mol. The fraction of sp³-hybridized carbons (Fsp3) is 0.300. The lowest BCUT2D eigenvalue weighted by atomic mass is 10.1. The van der Waals surface area contributed by atoms with Gasteiger partial charge in [-0.1, -0.05) is 12.1 Å². The monoisotopic (exact) mass is 368 g/mol. The van der Waals surface area contributed by atoms with Crippen LogP contribution in [0, 0.1) is 5.82 Å². The van der Waals surface area contributed by atoms with E-state index >= 15 is 0 Å². The van der Waals surface area contributed by atoms with E-state index < -0.39 is 0 Å². The summed E-state index contributed by atoms with van der Waals surface area (Å²) in [6.45, 7) is 4.06. The molecule has 0 unspecified atom stereocenters.